The molecular formula is C24H25N3O6. The molecule has 2 N–H and O–H groups in total. The number of ether oxygens (including phenoxy) is 2. The molecule has 0 spiro atoms. The van der Waals surface area contributed by atoms with Crippen LogP contribution in [0.3, 0.4) is 0 Å². The lowest BCUT2D eigenvalue weighted by Gasteiger charge is -2.19. The lowest BCUT2D eigenvalue weighted by Crippen LogP contribution is -2.25. The molecule has 1 heterocycles. The summed E-state index contributed by atoms with van der Waals surface area (Å²) in [4.78, 5) is 37.5. The zero-order chi connectivity index (χ0) is 24.0. The smallest absolute Gasteiger partial charge is 0.357 e. The number of hydrogen-bond donors (Lipinski definition) is 2. The van der Waals surface area contributed by atoms with Crippen molar-refractivity contribution in [1.82, 2.24) is 9.97 Å². The number of aromatic amines is 2. The van der Waals surface area contributed by atoms with E-state index in [1.807, 2.05) is 29.2 Å². The highest BCUT2D eigenvalue weighted by atomic mass is 16.6. The van der Waals surface area contributed by atoms with Crippen LogP contribution >= 0.6 is 0 Å². The normalized spacial score (nSPS) is 11.5. The van der Waals surface area contributed by atoms with E-state index in [2.05, 4.69) is 25.8 Å². The fourth-order valence-corrected chi connectivity index (χ4v) is 3.06. The third-order valence-corrected chi connectivity index (χ3v) is 4.77. The van der Waals surface area contributed by atoms with Crippen molar-refractivity contribution in [3.8, 4) is 11.5 Å². The number of nitro groups is 1. The Hall–Kier alpha value is -4.14. The van der Waals surface area contributed by atoms with E-state index < -0.39 is 21.9 Å². The molecule has 9 nitrogen and oxygen atoms in total. The highest BCUT2D eigenvalue weighted by molar-refractivity contribution is 5.72. The predicted octanol–water partition coefficient (Wildman–Crippen LogP) is 3.90. The molecule has 0 saturated carbocycles. The van der Waals surface area contributed by atoms with Gasteiger partial charge in [-0.25, -0.2) is 4.79 Å². The Morgan fingerprint density at radius 3 is 2.24 bits per heavy atom. The van der Waals surface area contributed by atoms with E-state index in [4.69, 9.17) is 9.47 Å². The second kappa shape index (κ2) is 9.99. The summed E-state index contributed by atoms with van der Waals surface area (Å²) < 4.78 is 11.4. The summed E-state index contributed by atoms with van der Waals surface area (Å²) >= 11 is 0. The van der Waals surface area contributed by atoms with E-state index >= 15 is 0 Å². The van der Waals surface area contributed by atoms with Crippen LogP contribution in [0.2, 0.25) is 0 Å². The molecule has 0 aliphatic heterocycles. The Balaban J connectivity index is 1.60. The molecular weight excluding hydrogens is 426 g/mol. The van der Waals surface area contributed by atoms with Gasteiger partial charge in [0.15, 0.2) is 0 Å². The molecule has 9 heteroatoms. The Kier molecular flexibility index (Phi) is 7.12. The second-order valence-corrected chi connectivity index (χ2v) is 8.30. The topological polar surface area (TPSA) is 127 Å². The number of nitrogens with one attached hydrogen (secondary N) is 2. The van der Waals surface area contributed by atoms with Crippen LogP contribution in [0, 0.1) is 10.1 Å². The van der Waals surface area contributed by atoms with Gasteiger partial charge in [-0.15, -0.1) is 0 Å². The van der Waals surface area contributed by atoms with Crippen LogP contribution < -0.4 is 20.7 Å². The van der Waals surface area contributed by atoms with Gasteiger partial charge in [0.05, 0.1) is 4.92 Å². The highest BCUT2D eigenvalue weighted by Gasteiger charge is 2.18. The molecule has 33 heavy (non-hydrogen) atoms. The van der Waals surface area contributed by atoms with Crippen LogP contribution in [0.5, 0.6) is 11.5 Å². The number of H-pyrrole nitrogens is 2. The summed E-state index contributed by atoms with van der Waals surface area (Å²) in [5.41, 5.74) is -0.828. The van der Waals surface area contributed by atoms with E-state index in [9.17, 15) is 19.7 Å². The van der Waals surface area contributed by atoms with E-state index in [1.54, 1.807) is 24.3 Å². The van der Waals surface area contributed by atoms with Crippen LogP contribution in [0.15, 0.2) is 58.1 Å². The van der Waals surface area contributed by atoms with Crippen molar-refractivity contribution < 1.29 is 14.4 Å². The van der Waals surface area contributed by atoms with Crippen molar-refractivity contribution >= 4 is 17.8 Å². The SMILES string of the molecule is CC(C)(C)c1ccc(OCCOc2cccc(/C=C/c3[nH]c(=O)[nH]c(=O)c3[N+](=O)[O-])c2)cc1. The Bertz CT molecular complexity index is 1270. The van der Waals surface area contributed by atoms with Gasteiger partial charge in [-0.05, 0) is 46.9 Å². The van der Waals surface area contributed by atoms with E-state index in [0.717, 1.165) is 5.75 Å². The average molecular weight is 451 g/mol. The average Bonchev–Trinajstić information content (AvgIpc) is 2.74. The fraction of sp³-hybridized carbons (Fsp3) is 0.250. The quantitative estimate of drug-likeness (QED) is 0.304. The lowest BCUT2D eigenvalue weighted by molar-refractivity contribution is -0.386. The molecule has 0 aliphatic carbocycles. The molecule has 0 radical (unpaired) electrons. The van der Waals surface area contributed by atoms with Gasteiger partial charge in [-0.1, -0.05) is 51.1 Å². The van der Waals surface area contributed by atoms with Crippen molar-refractivity contribution in [1.29, 1.82) is 0 Å². The maximum atomic E-state index is 11.7. The largest absolute Gasteiger partial charge is 0.490 e. The number of nitrogens with zero attached hydrogens (tertiary/aromatic N) is 1. The molecule has 0 unspecified atom stereocenters. The molecule has 0 atom stereocenters. The minimum atomic E-state index is -1.06. The van der Waals surface area contributed by atoms with Gasteiger partial charge in [0.2, 0.25) is 0 Å². The molecule has 0 amide bonds. The minimum absolute atomic E-state index is 0.0809. The monoisotopic (exact) mass is 451 g/mol. The summed E-state index contributed by atoms with van der Waals surface area (Å²) in [5.74, 6) is 1.34. The first kappa shape index (κ1) is 23.5. The summed E-state index contributed by atoms with van der Waals surface area (Å²) in [6.07, 6.45) is 2.84. The van der Waals surface area contributed by atoms with Crippen molar-refractivity contribution in [2.24, 2.45) is 0 Å². The van der Waals surface area contributed by atoms with Crippen LogP contribution in [0.4, 0.5) is 5.69 Å². The molecule has 2 aromatic carbocycles. The molecule has 0 aliphatic rings. The first-order chi connectivity index (χ1) is 15.6. The molecule has 1 aromatic heterocycles. The Morgan fingerprint density at radius 1 is 0.939 bits per heavy atom. The molecule has 0 fully saturated rings. The summed E-state index contributed by atoms with van der Waals surface area (Å²) in [7, 11) is 0. The maximum absolute atomic E-state index is 11.7. The standard InChI is InChI=1S/C24H25N3O6/c1-24(2,3)17-8-10-18(11-9-17)32-13-14-33-19-6-4-5-16(15-19)7-12-20-21(27(30)31)22(28)26-23(29)25-20/h4-12,15H,13-14H2,1-3H3,(H2,25,26,28,29)/b12-7+. The van der Waals surface area contributed by atoms with Gasteiger partial charge in [0.25, 0.3) is 0 Å². The van der Waals surface area contributed by atoms with Gasteiger partial charge in [-0.2, -0.15) is 0 Å². The number of rotatable bonds is 8. The summed E-state index contributed by atoms with van der Waals surface area (Å²) in [5, 5.41) is 11.1. The zero-order valence-corrected chi connectivity index (χ0v) is 18.6. The van der Waals surface area contributed by atoms with Crippen LogP contribution in [-0.4, -0.2) is 28.1 Å². The summed E-state index contributed by atoms with van der Waals surface area (Å²) in [6, 6.07) is 15.0. The molecule has 0 saturated heterocycles. The fourth-order valence-electron chi connectivity index (χ4n) is 3.06. The van der Waals surface area contributed by atoms with E-state index in [1.165, 1.54) is 17.7 Å². The number of aromatic nitrogens is 2. The molecule has 0 bridgehead atoms. The van der Waals surface area contributed by atoms with Crippen molar-refractivity contribution in [3.63, 3.8) is 0 Å². The van der Waals surface area contributed by atoms with E-state index in [-0.39, 0.29) is 11.1 Å². The van der Waals surface area contributed by atoms with Gasteiger partial charge in [-0.3, -0.25) is 19.9 Å². The van der Waals surface area contributed by atoms with Gasteiger partial charge >= 0.3 is 16.9 Å². The Morgan fingerprint density at radius 2 is 1.61 bits per heavy atom. The second-order valence-electron chi connectivity index (χ2n) is 8.30. The van der Waals surface area contributed by atoms with Crippen molar-refractivity contribution in [2.45, 2.75) is 26.2 Å². The maximum Gasteiger partial charge on any atom is 0.357 e. The van der Waals surface area contributed by atoms with Crippen LogP contribution in [0.25, 0.3) is 12.2 Å². The zero-order valence-electron chi connectivity index (χ0n) is 18.6. The first-order valence-electron chi connectivity index (χ1n) is 10.3. The van der Waals surface area contributed by atoms with Crippen molar-refractivity contribution in [2.75, 3.05) is 13.2 Å². The molecule has 172 valence electrons. The highest BCUT2D eigenvalue weighted by Crippen LogP contribution is 2.24. The molecule has 3 rings (SSSR count). The first-order valence-corrected chi connectivity index (χ1v) is 10.3. The Labute approximate surface area is 189 Å². The van der Waals surface area contributed by atoms with Crippen LogP contribution in [-0.2, 0) is 5.41 Å². The van der Waals surface area contributed by atoms with Gasteiger partial charge in [0.1, 0.15) is 30.4 Å². The van der Waals surface area contributed by atoms with Gasteiger partial charge in [0, 0.05) is 0 Å². The third kappa shape index (κ3) is 6.42. The molecule has 3 aromatic rings. The number of hydrogen-bond acceptors (Lipinski definition) is 6. The van der Waals surface area contributed by atoms with Gasteiger partial charge < -0.3 is 14.5 Å². The van der Waals surface area contributed by atoms with E-state index in [0.29, 0.717) is 24.5 Å². The van der Waals surface area contributed by atoms with Crippen LogP contribution in [0.1, 0.15) is 37.6 Å². The lowest BCUT2D eigenvalue weighted by atomic mass is 9.87. The minimum Gasteiger partial charge on any atom is -0.490 e. The predicted molar refractivity (Wildman–Crippen MR) is 126 cm³/mol. The van der Waals surface area contributed by atoms with Crippen molar-refractivity contribution in [3.05, 3.63) is 96.3 Å². The third-order valence-electron chi connectivity index (χ3n) is 4.77. The number of benzene rings is 2. The summed E-state index contributed by atoms with van der Waals surface area (Å²) in [6.45, 7) is 7.14.